The summed E-state index contributed by atoms with van der Waals surface area (Å²) >= 11 is 0. The van der Waals surface area contributed by atoms with Crippen molar-refractivity contribution in [2.75, 3.05) is 18.5 Å². The Bertz CT molecular complexity index is 514. The van der Waals surface area contributed by atoms with Gasteiger partial charge >= 0.3 is 5.97 Å². The first-order valence-electron chi connectivity index (χ1n) is 7.81. The first kappa shape index (κ1) is 19.0. The van der Waals surface area contributed by atoms with Gasteiger partial charge in [-0.2, -0.15) is 0 Å². The van der Waals surface area contributed by atoms with Crippen LogP contribution in [-0.2, 0) is 14.3 Å². The van der Waals surface area contributed by atoms with Crippen molar-refractivity contribution < 1.29 is 24.2 Å². The van der Waals surface area contributed by atoms with E-state index < -0.39 is 18.2 Å². The van der Waals surface area contributed by atoms with Crippen molar-refractivity contribution in [1.82, 2.24) is 0 Å². The molecule has 0 spiro atoms. The Hall–Kier alpha value is -2.08. The summed E-state index contributed by atoms with van der Waals surface area (Å²) in [4.78, 5) is 22.9. The van der Waals surface area contributed by atoms with Gasteiger partial charge in [-0.05, 0) is 44.5 Å². The predicted octanol–water partition coefficient (Wildman–Crippen LogP) is 3.07. The van der Waals surface area contributed by atoms with E-state index in [1.807, 2.05) is 6.92 Å². The van der Waals surface area contributed by atoms with Gasteiger partial charge in [0, 0.05) is 12.3 Å². The molecule has 1 atom stereocenters. The largest absolute Gasteiger partial charge is 0.482 e. The third-order valence-corrected chi connectivity index (χ3v) is 3.43. The number of hydrogen-bond donors (Lipinski definition) is 2. The molecular formula is C17H25NO5. The van der Waals surface area contributed by atoms with Crippen molar-refractivity contribution >= 4 is 17.6 Å². The van der Waals surface area contributed by atoms with Gasteiger partial charge in [-0.15, -0.1) is 0 Å². The molecule has 0 aliphatic carbocycles. The maximum atomic E-state index is 12.5. The Morgan fingerprint density at radius 3 is 2.39 bits per heavy atom. The molecule has 0 bridgehead atoms. The molecule has 6 heteroatoms. The zero-order chi connectivity index (χ0) is 17.3. The third kappa shape index (κ3) is 6.28. The van der Waals surface area contributed by atoms with Crippen LogP contribution in [0.3, 0.4) is 0 Å². The highest BCUT2D eigenvalue weighted by Gasteiger charge is 2.33. The maximum Gasteiger partial charge on any atom is 0.341 e. The number of carboxylic acids is 1. The minimum absolute atomic E-state index is 0.188. The van der Waals surface area contributed by atoms with Gasteiger partial charge < -0.3 is 19.9 Å². The normalized spacial score (nSPS) is 13.2. The molecule has 1 aromatic carbocycles. The first-order chi connectivity index (χ1) is 10.9. The van der Waals surface area contributed by atoms with Crippen molar-refractivity contribution in [3.8, 4) is 5.75 Å². The van der Waals surface area contributed by atoms with E-state index >= 15 is 0 Å². The van der Waals surface area contributed by atoms with Crippen LogP contribution in [0.25, 0.3) is 0 Å². The molecule has 2 N–H and O–H groups in total. The number of rotatable bonds is 10. The second kappa shape index (κ2) is 9.15. The summed E-state index contributed by atoms with van der Waals surface area (Å²) in [5.74, 6) is -0.790. The Morgan fingerprint density at radius 1 is 1.22 bits per heavy atom. The fourth-order valence-corrected chi connectivity index (χ4v) is 2.13. The molecule has 23 heavy (non-hydrogen) atoms. The minimum Gasteiger partial charge on any atom is -0.482 e. The number of hydrogen-bond acceptors (Lipinski definition) is 4. The lowest BCUT2D eigenvalue weighted by Crippen LogP contribution is -2.42. The van der Waals surface area contributed by atoms with Gasteiger partial charge in [-0.3, -0.25) is 4.79 Å². The Morgan fingerprint density at radius 2 is 1.87 bits per heavy atom. The number of ether oxygens (including phenoxy) is 2. The van der Waals surface area contributed by atoms with Gasteiger partial charge in [0.2, 0.25) is 0 Å². The van der Waals surface area contributed by atoms with Gasteiger partial charge in [0.15, 0.2) is 6.61 Å². The highest BCUT2D eigenvalue weighted by Crippen LogP contribution is 2.22. The van der Waals surface area contributed by atoms with Crippen LogP contribution in [0.1, 0.15) is 40.0 Å². The molecule has 0 aliphatic rings. The fraction of sp³-hybridized carbons (Fsp3) is 0.529. The summed E-state index contributed by atoms with van der Waals surface area (Å²) < 4.78 is 10.7. The number of benzene rings is 1. The van der Waals surface area contributed by atoms with Crippen LogP contribution in [0.15, 0.2) is 24.3 Å². The summed E-state index contributed by atoms with van der Waals surface area (Å²) in [7, 11) is 0. The lowest BCUT2D eigenvalue weighted by molar-refractivity contribution is -0.140. The van der Waals surface area contributed by atoms with E-state index in [0.717, 1.165) is 12.8 Å². The molecule has 128 valence electrons. The van der Waals surface area contributed by atoms with Crippen molar-refractivity contribution in [3.63, 3.8) is 0 Å². The molecule has 1 aromatic rings. The topological polar surface area (TPSA) is 84.9 Å². The Balaban J connectivity index is 2.68. The summed E-state index contributed by atoms with van der Waals surface area (Å²) in [6.07, 6.45) is 2.56. The summed E-state index contributed by atoms with van der Waals surface area (Å²) in [6, 6.07) is 6.56. The van der Waals surface area contributed by atoms with E-state index in [0.29, 0.717) is 24.5 Å². The second-order valence-corrected chi connectivity index (χ2v) is 5.43. The predicted molar refractivity (Wildman–Crippen MR) is 87.8 cm³/mol. The molecule has 0 saturated carbocycles. The van der Waals surface area contributed by atoms with Gasteiger partial charge in [-0.1, -0.05) is 19.8 Å². The average Bonchev–Trinajstić information content (AvgIpc) is 2.52. The number of nitrogens with one attached hydrogen (secondary N) is 1. The van der Waals surface area contributed by atoms with Gasteiger partial charge in [0.25, 0.3) is 5.91 Å². The van der Waals surface area contributed by atoms with E-state index in [1.54, 1.807) is 31.2 Å². The van der Waals surface area contributed by atoms with Crippen LogP contribution in [0.2, 0.25) is 0 Å². The highest BCUT2D eigenvalue weighted by molar-refractivity contribution is 5.97. The average molecular weight is 323 g/mol. The van der Waals surface area contributed by atoms with Crippen LogP contribution < -0.4 is 10.1 Å². The van der Waals surface area contributed by atoms with E-state index in [-0.39, 0.29) is 5.91 Å². The highest BCUT2D eigenvalue weighted by atomic mass is 16.5. The van der Waals surface area contributed by atoms with Crippen LogP contribution in [0, 0.1) is 0 Å². The SMILES string of the molecule is CCCCC(C)(OCC)C(=O)Nc1ccc(OCC(=O)O)cc1. The fourth-order valence-electron chi connectivity index (χ4n) is 2.13. The lowest BCUT2D eigenvalue weighted by Gasteiger charge is -2.28. The monoisotopic (exact) mass is 323 g/mol. The van der Waals surface area contributed by atoms with Crippen LogP contribution in [0.4, 0.5) is 5.69 Å². The Labute approximate surface area is 136 Å². The summed E-state index contributed by atoms with van der Waals surface area (Å²) in [5.41, 5.74) is -0.247. The number of amides is 1. The standard InChI is InChI=1S/C17H25NO5/c1-4-6-11-17(3,23-5-2)16(21)18-13-7-9-14(10-8-13)22-12-15(19)20/h7-10H,4-6,11-12H2,1-3H3,(H,18,21)(H,19,20). The summed E-state index contributed by atoms with van der Waals surface area (Å²) in [6.45, 7) is 5.80. The van der Waals surface area contributed by atoms with E-state index in [4.69, 9.17) is 14.6 Å². The van der Waals surface area contributed by atoms with Crippen molar-refractivity contribution in [3.05, 3.63) is 24.3 Å². The maximum absolute atomic E-state index is 12.5. The molecule has 0 aliphatic heterocycles. The number of carbonyl (C=O) groups is 2. The molecule has 0 fully saturated rings. The Kier molecular flexibility index (Phi) is 7.54. The zero-order valence-corrected chi connectivity index (χ0v) is 13.9. The number of carbonyl (C=O) groups excluding carboxylic acids is 1. The molecule has 1 rings (SSSR count). The molecule has 1 unspecified atom stereocenters. The van der Waals surface area contributed by atoms with Crippen LogP contribution in [-0.4, -0.2) is 35.8 Å². The second-order valence-electron chi connectivity index (χ2n) is 5.43. The van der Waals surface area contributed by atoms with Crippen LogP contribution in [0.5, 0.6) is 5.75 Å². The zero-order valence-electron chi connectivity index (χ0n) is 13.9. The molecule has 0 aromatic heterocycles. The van der Waals surface area contributed by atoms with Gasteiger partial charge in [-0.25, -0.2) is 4.79 Å². The summed E-state index contributed by atoms with van der Waals surface area (Å²) in [5, 5.41) is 11.4. The smallest absolute Gasteiger partial charge is 0.341 e. The minimum atomic E-state index is -1.04. The van der Waals surface area contributed by atoms with E-state index in [2.05, 4.69) is 12.2 Å². The number of anilines is 1. The van der Waals surface area contributed by atoms with Crippen LogP contribution >= 0.6 is 0 Å². The molecule has 0 radical (unpaired) electrons. The van der Waals surface area contributed by atoms with Crippen molar-refractivity contribution in [1.29, 1.82) is 0 Å². The molecule has 0 heterocycles. The van der Waals surface area contributed by atoms with Gasteiger partial charge in [0.1, 0.15) is 11.4 Å². The van der Waals surface area contributed by atoms with Gasteiger partial charge in [0.05, 0.1) is 0 Å². The molecule has 6 nitrogen and oxygen atoms in total. The third-order valence-electron chi connectivity index (χ3n) is 3.43. The lowest BCUT2D eigenvalue weighted by atomic mass is 9.97. The number of carboxylic acid groups (broad SMARTS) is 1. The number of aliphatic carboxylic acids is 1. The quantitative estimate of drug-likeness (QED) is 0.691. The number of unbranched alkanes of at least 4 members (excludes halogenated alkanes) is 1. The van der Waals surface area contributed by atoms with E-state index in [9.17, 15) is 9.59 Å². The first-order valence-corrected chi connectivity index (χ1v) is 7.81. The molecule has 0 saturated heterocycles. The molecular weight excluding hydrogens is 298 g/mol. The van der Waals surface area contributed by atoms with Crippen molar-refractivity contribution in [2.45, 2.75) is 45.6 Å². The van der Waals surface area contributed by atoms with E-state index in [1.165, 1.54) is 0 Å². The van der Waals surface area contributed by atoms with Crippen molar-refractivity contribution in [2.24, 2.45) is 0 Å². The molecule has 1 amide bonds.